The van der Waals surface area contributed by atoms with Crippen molar-refractivity contribution in [2.45, 2.75) is 168 Å². The Labute approximate surface area is 288 Å². The minimum absolute atomic E-state index is 0.0326. The molecule has 0 aliphatic carbocycles. The molecule has 9 nitrogen and oxygen atoms in total. The second-order valence-corrected chi connectivity index (χ2v) is 15.4. The van der Waals surface area contributed by atoms with E-state index in [1.54, 1.807) is 0 Å². The van der Waals surface area contributed by atoms with Gasteiger partial charge in [-0.25, -0.2) is 4.57 Å². The van der Waals surface area contributed by atoms with Crippen molar-refractivity contribution >= 4 is 19.8 Å². The zero-order valence-corrected chi connectivity index (χ0v) is 31.9. The van der Waals surface area contributed by atoms with Crippen LogP contribution >= 0.6 is 7.82 Å². The summed E-state index contributed by atoms with van der Waals surface area (Å²) in [5.41, 5.74) is 0. The Morgan fingerprint density at radius 2 is 1.09 bits per heavy atom. The molecule has 0 aromatic rings. The van der Waals surface area contributed by atoms with Crippen molar-refractivity contribution in [2.75, 3.05) is 47.5 Å². The van der Waals surface area contributed by atoms with Crippen LogP contribution in [0.3, 0.4) is 0 Å². The molecule has 0 aliphatic rings. The Morgan fingerprint density at radius 1 is 0.638 bits per heavy atom. The number of carbonyl (C=O) groups excluding carboxylic acids is 2. The molecule has 47 heavy (non-hydrogen) atoms. The summed E-state index contributed by atoms with van der Waals surface area (Å²) >= 11 is 0. The number of allylic oxidation sites excluding steroid dienone is 2. The number of rotatable bonds is 34. The number of carbonyl (C=O) groups is 2. The van der Waals surface area contributed by atoms with Crippen LogP contribution in [-0.4, -0.2) is 74.9 Å². The van der Waals surface area contributed by atoms with E-state index >= 15 is 0 Å². The van der Waals surface area contributed by atoms with Gasteiger partial charge in [0.25, 0.3) is 0 Å². The van der Waals surface area contributed by atoms with Crippen molar-refractivity contribution < 1.29 is 42.1 Å². The summed E-state index contributed by atoms with van der Waals surface area (Å²) in [7, 11) is 1.47. The monoisotopic (exact) mass is 691 g/mol. The number of likely N-dealkylation sites (N-methyl/N-ethyl adjacent to an activating group) is 1. The van der Waals surface area contributed by atoms with Crippen LogP contribution in [0.15, 0.2) is 12.2 Å². The number of esters is 2. The van der Waals surface area contributed by atoms with E-state index < -0.39 is 26.5 Å². The van der Waals surface area contributed by atoms with Gasteiger partial charge in [0.2, 0.25) is 0 Å². The zero-order chi connectivity index (χ0) is 35.1. The van der Waals surface area contributed by atoms with E-state index in [0.29, 0.717) is 23.9 Å². The smallest absolute Gasteiger partial charge is 0.462 e. The van der Waals surface area contributed by atoms with Crippen LogP contribution in [-0.2, 0) is 32.7 Å². The van der Waals surface area contributed by atoms with Crippen LogP contribution in [0.4, 0.5) is 0 Å². The zero-order valence-electron chi connectivity index (χ0n) is 31.0. The molecule has 0 heterocycles. The van der Waals surface area contributed by atoms with Gasteiger partial charge in [-0.15, -0.1) is 0 Å². The van der Waals surface area contributed by atoms with Gasteiger partial charge in [-0.3, -0.25) is 18.6 Å². The van der Waals surface area contributed by atoms with Crippen LogP contribution < -0.4 is 0 Å². The first-order valence-electron chi connectivity index (χ1n) is 18.9. The Balaban J connectivity index is 4.46. The minimum atomic E-state index is -4.36. The summed E-state index contributed by atoms with van der Waals surface area (Å²) in [6.45, 7) is 4.37. The molecule has 0 aliphatic heterocycles. The van der Waals surface area contributed by atoms with Gasteiger partial charge in [-0.05, 0) is 38.5 Å². The fourth-order valence-electron chi connectivity index (χ4n) is 5.01. The predicted molar refractivity (Wildman–Crippen MR) is 192 cm³/mol. The number of hydrogen-bond donors (Lipinski definition) is 1. The van der Waals surface area contributed by atoms with E-state index in [2.05, 4.69) is 26.0 Å². The van der Waals surface area contributed by atoms with Gasteiger partial charge in [0.15, 0.2) is 6.10 Å². The molecule has 10 heteroatoms. The lowest BCUT2D eigenvalue weighted by molar-refractivity contribution is -0.870. The standard InChI is InChI=1S/C37H72NO8P/c1-6-8-10-12-14-16-18-19-20-22-24-26-28-30-37(40)46-35(34-45-47(41,42)44-32-31-38(3,4)5)33-43-36(39)29-27-25-23-21-17-15-13-11-9-7-2/h16,18,35H,6-15,17,19-34H2,1-5H3/p+1/b18-16-/t35-/m1/s1. The van der Waals surface area contributed by atoms with Gasteiger partial charge >= 0.3 is 19.8 Å². The number of nitrogens with zero attached hydrogens (tertiary/aromatic N) is 1. The lowest BCUT2D eigenvalue weighted by Crippen LogP contribution is -2.37. The fourth-order valence-corrected chi connectivity index (χ4v) is 5.75. The predicted octanol–water partition coefficient (Wildman–Crippen LogP) is 9.85. The molecule has 0 saturated heterocycles. The molecule has 0 rings (SSSR count). The number of quaternary nitrogens is 1. The third kappa shape index (κ3) is 34.4. The summed E-state index contributed by atoms with van der Waals surface area (Å²) in [6.07, 6.45) is 28.3. The Morgan fingerprint density at radius 3 is 1.60 bits per heavy atom. The highest BCUT2D eigenvalue weighted by Crippen LogP contribution is 2.43. The number of phosphoric ester groups is 1. The molecule has 1 unspecified atom stereocenters. The molecular weight excluding hydrogens is 617 g/mol. The van der Waals surface area contributed by atoms with Crippen molar-refractivity contribution in [1.29, 1.82) is 0 Å². The molecule has 0 aromatic carbocycles. The third-order valence-electron chi connectivity index (χ3n) is 8.05. The summed E-state index contributed by atoms with van der Waals surface area (Å²) in [5.74, 6) is -0.808. The first-order valence-corrected chi connectivity index (χ1v) is 20.4. The second kappa shape index (κ2) is 30.8. The molecule has 0 aromatic heterocycles. The van der Waals surface area contributed by atoms with E-state index in [4.69, 9.17) is 18.5 Å². The summed E-state index contributed by atoms with van der Waals surface area (Å²) in [6, 6.07) is 0. The molecule has 278 valence electrons. The van der Waals surface area contributed by atoms with Gasteiger partial charge in [-0.1, -0.05) is 122 Å². The van der Waals surface area contributed by atoms with E-state index in [-0.39, 0.29) is 25.6 Å². The minimum Gasteiger partial charge on any atom is -0.462 e. The maximum Gasteiger partial charge on any atom is 0.472 e. The SMILES string of the molecule is CCCCCC/C=C\CCCCCCCC(=O)O[C@H](COC(=O)CCCCCCCCCCCC)COP(=O)(O)OCC[N+](C)(C)C. The first-order chi connectivity index (χ1) is 22.5. The van der Waals surface area contributed by atoms with Gasteiger partial charge in [0.1, 0.15) is 19.8 Å². The molecular formula is C37H73NO8P+. The van der Waals surface area contributed by atoms with Crippen molar-refractivity contribution in [1.82, 2.24) is 0 Å². The van der Waals surface area contributed by atoms with Crippen LogP contribution in [0.2, 0.25) is 0 Å². The van der Waals surface area contributed by atoms with Gasteiger partial charge in [0.05, 0.1) is 27.7 Å². The van der Waals surface area contributed by atoms with Crippen LogP contribution in [0.5, 0.6) is 0 Å². The van der Waals surface area contributed by atoms with Crippen LogP contribution in [0.25, 0.3) is 0 Å². The van der Waals surface area contributed by atoms with Gasteiger partial charge in [0, 0.05) is 12.8 Å². The van der Waals surface area contributed by atoms with Crippen LogP contribution in [0.1, 0.15) is 162 Å². The molecule has 0 bridgehead atoms. The highest BCUT2D eigenvalue weighted by Gasteiger charge is 2.27. The molecule has 2 atom stereocenters. The Kier molecular flexibility index (Phi) is 30.0. The summed E-state index contributed by atoms with van der Waals surface area (Å²) in [4.78, 5) is 35.1. The first kappa shape index (κ1) is 45.8. The molecule has 0 amide bonds. The number of phosphoric acid groups is 1. The summed E-state index contributed by atoms with van der Waals surface area (Å²) < 4.78 is 34.1. The largest absolute Gasteiger partial charge is 0.472 e. The maximum absolute atomic E-state index is 12.6. The number of unbranched alkanes of at least 4 members (excludes halogenated alkanes) is 18. The Hall–Kier alpha value is -1.25. The molecule has 1 N–H and O–H groups in total. The van der Waals surface area contributed by atoms with E-state index in [9.17, 15) is 19.0 Å². The highest BCUT2D eigenvalue weighted by atomic mass is 31.2. The molecule has 0 radical (unpaired) electrons. The maximum atomic E-state index is 12.6. The second-order valence-electron chi connectivity index (χ2n) is 14.0. The van der Waals surface area contributed by atoms with Crippen LogP contribution in [0, 0.1) is 0 Å². The molecule has 0 spiro atoms. The van der Waals surface area contributed by atoms with E-state index in [0.717, 1.165) is 51.4 Å². The fraction of sp³-hybridized carbons (Fsp3) is 0.892. The van der Waals surface area contributed by atoms with Crippen molar-refractivity contribution in [2.24, 2.45) is 0 Å². The average Bonchev–Trinajstić information content (AvgIpc) is 3.01. The lowest BCUT2D eigenvalue weighted by Gasteiger charge is -2.24. The van der Waals surface area contributed by atoms with E-state index in [1.165, 1.54) is 77.0 Å². The quantitative estimate of drug-likeness (QED) is 0.0234. The van der Waals surface area contributed by atoms with Gasteiger partial charge in [-0.2, -0.15) is 0 Å². The molecule has 0 fully saturated rings. The average molecular weight is 691 g/mol. The summed E-state index contributed by atoms with van der Waals surface area (Å²) in [5, 5.41) is 0. The third-order valence-corrected chi connectivity index (χ3v) is 9.03. The number of ether oxygens (including phenoxy) is 2. The topological polar surface area (TPSA) is 108 Å². The highest BCUT2D eigenvalue weighted by molar-refractivity contribution is 7.47. The number of hydrogen-bond acceptors (Lipinski definition) is 7. The van der Waals surface area contributed by atoms with E-state index in [1.807, 2.05) is 21.1 Å². The van der Waals surface area contributed by atoms with Crippen molar-refractivity contribution in [3.05, 3.63) is 12.2 Å². The Bertz CT molecular complexity index is 830. The normalized spacial score (nSPS) is 13.9. The lowest BCUT2D eigenvalue weighted by atomic mass is 10.1. The van der Waals surface area contributed by atoms with Crippen molar-refractivity contribution in [3.63, 3.8) is 0 Å². The molecule has 0 saturated carbocycles. The van der Waals surface area contributed by atoms with Crippen molar-refractivity contribution in [3.8, 4) is 0 Å². The van der Waals surface area contributed by atoms with Gasteiger partial charge < -0.3 is 18.9 Å².